The molecule has 1 aliphatic heterocycles. The molecule has 19 heavy (non-hydrogen) atoms. The molecule has 1 atom stereocenters. The van der Waals surface area contributed by atoms with Crippen molar-refractivity contribution in [3.63, 3.8) is 0 Å². The average molecular weight is 278 g/mol. The molecule has 106 valence electrons. The molecule has 1 heterocycles. The maximum Gasteiger partial charge on any atom is 0.166 e. The minimum atomic E-state index is -1.46. The summed E-state index contributed by atoms with van der Waals surface area (Å²) in [5.74, 6) is -5.81. The second-order valence-electron chi connectivity index (χ2n) is 4.37. The maximum absolute atomic E-state index is 13.7. The molecule has 1 aliphatic rings. The molecule has 2 rings (SSSR count). The van der Waals surface area contributed by atoms with Gasteiger partial charge in [0.25, 0.3) is 0 Å². The van der Waals surface area contributed by atoms with E-state index in [0.717, 1.165) is 0 Å². The summed E-state index contributed by atoms with van der Waals surface area (Å²) >= 11 is 0. The van der Waals surface area contributed by atoms with Crippen LogP contribution >= 0.6 is 0 Å². The number of nitrogens with zero attached hydrogens (tertiary/aromatic N) is 1. The largest absolute Gasteiger partial charge is 0.394 e. The van der Waals surface area contributed by atoms with Crippen molar-refractivity contribution in [1.29, 1.82) is 0 Å². The molecule has 0 bridgehead atoms. The summed E-state index contributed by atoms with van der Waals surface area (Å²) in [5.41, 5.74) is -0.748. The zero-order chi connectivity index (χ0) is 14.0. The third kappa shape index (κ3) is 2.72. The van der Waals surface area contributed by atoms with Crippen molar-refractivity contribution in [3.8, 4) is 0 Å². The van der Waals surface area contributed by atoms with Crippen LogP contribution in [0.3, 0.4) is 0 Å². The Morgan fingerprint density at radius 3 is 2.11 bits per heavy atom. The molecule has 1 aromatic carbocycles. The molecule has 3 nitrogen and oxygen atoms in total. The Labute approximate surface area is 107 Å². The van der Waals surface area contributed by atoms with Gasteiger partial charge in [-0.15, -0.1) is 0 Å². The van der Waals surface area contributed by atoms with Crippen molar-refractivity contribution in [2.45, 2.75) is 6.04 Å². The second kappa shape index (κ2) is 5.85. The Hall–Kier alpha value is -1.18. The maximum atomic E-state index is 13.7. The quantitative estimate of drug-likeness (QED) is 0.644. The van der Waals surface area contributed by atoms with Crippen molar-refractivity contribution >= 4 is 0 Å². The highest BCUT2D eigenvalue weighted by Crippen LogP contribution is 2.29. The Balaban J connectivity index is 2.42. The Bertz CT molecular complexity index is 437. The Kier molecular flexibility index (Phi) is 4.38. The molecule has 0 radical (unpaired) electrons. The summed E-state index contributed by atoms with van der Waals surface area (Å²) in [6, 6.07) is -0.923. The highest BCUT2D eigenvalue weighted by atomic mass is 19.2. The fourth-order valence-corrected chi connectivity index (χ4v) is 2.27. The Morgan fingerprint density at radius 1 is 1.11 bits per heavy atom. The van der Waals surface area contributed by atoms with E-state index in [1.165, 1.54) is 0 Å². The first-order chi connectivity index (χ1) is 9.06. The van der Waals surface area contributed by atoms with E-state index in [9.17, 15) is 22.7 Å². The van der Waals surface area contributed by atoms with Crippen molar-refractivity contribution in [2.24, 2.45) is 0 Å². The van der Waals surface area contributed by atoms with Gasteiger partial charge in [-0.05, 0) is 0 Å². The molecular formula is C12H14F4N2O. The minimum absolute atomic E-state index is 0.167. The smallest absolute Gasteiger partial charge is 0.166 e. The molecule has 0 aliphatic carbocycles. The summed E-state index contributed by atoms with van der Waals surface area (Å²) in [6.45, 7) is 1.41. The molecule has 0 aromatic heterocycles. The molecule has 2 N–H and O–H groups in total. The van der Waals surface area contributed by atoms with Crippen molar-refractivity contribution in [2.75, 3.05) is 32.8 Å². The van der Waals surface area contributed by atoms with Gasteiger partial charge in [-0.1, -0.05) is 0 Å². The monoisotopic (exact) mass is 278 g/mol. The van der Waals surface area contributed by atoms with Crippen LogP contribution in [0.1, 0.15) is 11.6 Å². The van der Waals surface area contributed by atoms with E-state index in [4.69, 9.17) is 0 Å². The molecule has 1 saturated heterocycles. The van der Waals surface area contributed by atoms with E-state index in [1.807, 2.05) is 0 Å². The predicted octanol–water partition coefficient (Wildman–Crippen LogP) is 1.18. The van der Waals surface area contributed by atoms with E-state index < -0.39 is 41.5 Å². The van der Waals surface area contributed by atoms with Gasteiger partial charge in [0.15, 0.2) is 23.3 Å². The van der Waals surface area contributed by atoms with Gasteiger partial charge in [0, 0.05) is 37.8 Å². The highest BCUT2D eigenvalue weighted by molar-refractivity contribution is 5.26. The molecule has 0 spiro atoms. The number of halogens is 4. The SMILES string of the molecule is OC[C@H](c1c(F)c(F)cc(F)c1F)N1CCNCC1. The number of piperazine rings is 1. The van der Waals surface area contributed by atoms with E-state index in [-0.39, 0.29) is 6.07 Å². The molecular weight excluding hydrogens is 264 g/mol. The summed E-state index contributed by atoms with van der Waals surface area (Å²) in [7, 11) is 0. The lowest BCUT2D eigenvalue weighted by Gasteiger charge is -2.34. The number of benzene rings is 1. The fourth-order valence-electron chi connectivity index (χ4n) is 2.27. The zero-order valence-electron chi connectivity index (χ0n) is 10.1. The van der Waals surface area contributed by atoms with Gasteiger partial charge in [0.05, 0.1) is 12.6 Å². The Morgan fingerprint density at radius 2 is 1.63 bits per heavy atom. The van der Waals surface area contributed by atoms with Gasteiger partial charge >= 0.3 is 0 Å². The van der Waals surface area contributed by atoms with Crippen LogP contribution in [0.15, 0.2) is 6.07 Å². The molecule has 7 heteroatoms. The first-order valence-corrected chi connectivity index (χ1v) is 5.94. The minimum Gasteiger partial charge on any atom is -0.394 e. The van der Waals surface area contributed by atoms with Crippen molar-refractivity contribution in [3.05, 3.63) is 34.9 Å². The third-order valence-electron chi connectivity index (χ3n) is 3.24. The highest BCUT2D eigenvalue weighted by Gasteiger charge is 2.30. The number of nitrogens with one attached hydrogen (secondary N) is 1. The van der Waals surface area contributed by atoms with Crippen LogP contribution in [0.5, 0.6) is 0 Å². The van der Waals surface area contributed by atoms with E-state index in [0.29, 0.717) is 26.2 Å². The van der Waals surface area contributed by atoms with Crippen LogP contribution in [-0.4, -0.2) is 42.8 Å². The van der Waals surface area contributed by atoms with E-state index >= 15 is 0 Å². The zero-order valence-corrected chi connectivity index (χ0v) is 10.1. The number of hydrogen-bond donors (Lipinski definition) is 2. The molecule has 0 amide bonds. The van der Waals surface area contributed by atoms with Gasteiger partial charge in [-0.25, -0.2) is 17.6 Å². The molecule has 1 aromatic rings. The third-order valence-corrected chi connectivity index (χ3v) is 3.24. The van der Waals surface area contributed by atoms with Crippen LogP contribution in [0.4, 0.5) is 17.6 Å². The lowest BCUT2D eigenvalue weighted by atomic mass is 10.0. The van der Waals surface area contributed by atoms with E-state index in [1.54, 1.807) is 4.90 Å². The van der Waals surface area contributed by atoms with Gasteiger partial charge in [0.2, 0.25) is 0 Å². The lowest BCUT2D eigenvalue weighted by Crippen LogP contribution is -2.46. The van der Waals surface area contributed by atoms with Crippen LogP contribution in [0.25, 0.3) is 0 Å². The van der Waals surface area contributed by atoms with E-state index in [2.05, 4.69) is 5.32 Å². The summed E-state index contributed by atoms with van der Waals surface area (Å²) in [4.78, 5) is 1.59. The summed E-state index contributed by atoms with van der Waals surface area (Å²) < 4.78 is 53.8. The molecule has 0 unspecified atom stereocenters. The van der Waals surface area contributed by atoms with Crippen LogP contribution < -0.4 is 5.32 Å². The first-order valence-electron chi connectivity index (χ1n) is 5.94. The molecule has 0 saturated carbocycles. The van der Waals surface area contributed by atoms with Crippen molar-refractivity contribution < 1.29 is 22.7 Å². The fraction of sp³-hybridized carbons (Fsp3) is 0.500. The standard InChI is InChI=1S/C12H14F4N2O/c13-7-5-8(14)12(16)10(11(7)15)9(6-19)18-3-1-17-2-4-18/h5,9,17,19H,1-4,6H2/t9-/m1/s1. The summed E-state index contributed by atoms with van der Waals surface area (Å²) in [5, 5.41) is 12.4. The average Bonchev–Trinajstić information content (AvgIpc) is 2.42. The van der Waals surface area contributed by atoms with Gasteiger partial charge in [-0.2, -0.15) is 0 Å². The van der Waals surface area contributed by atoms with Crippen molar-refractivity contribution in [1.82, 2.24) is 10.2 Å². The lowest BCUT2D eigenvalue weighted by molar-refractivity contribution is 0.104. The summed E-state index contributed by atoms with van der Waals surface area (Å²) in [6.07, 6.45) is 0. The van der Waals surface area contributed by atoms with Crippen LogP contribution in [0.2, 0.25) is 0 Å². The number of aliphatic hydroxyl groups is 1. The number of rotatable bonds is 3. The number of aliphatic hydroxyl groups excluding tert-OH is 1. The van der Waals surface area contributed by atoms with Gasteiger partial charge in [0.1, 0.15) is 0 Å². The molecule has 1 fully saturated rings. The predicted molar refractivity (Wildman–Crippen MR) is 60.5 cm³/mol. The van der Waals surface area contributed by atoms with Gasteiger partial charge in [-0.3, -0.25) is 4.90 Å². The van der Waals surface area contributed by atoms with Crippen LogP contribution in [0, 0.1) is 23.3 Å². The first kappa shape index (κ1) is 14.2. The van der Waals surface area contributed by atoms with Gasteiger partial charge < -0.3 is 10.4 Å². The number of hydrogen-bond acceptors (Lipinski definition) is 3. The second-order valence-corrected chi connectivity index (χ2v) is 4.37. The topological polar surface area (TPSA) is 35.5 Å². The normalized spacial score (nSPS) is 18.6. The van der Waals surface area contributed by atoms with Crippen LogP contribution in [-0.2, 0) is 0 Å².